The number of carbonyl (C=O) groups is 1. The molecule has 2 aromatic carbocycles. The lowest BCUT2D eigenvalue weighted by Crippen LogP contribution is -1.88. The molecule has 0 aromatic heterocycles. The quantitative estimate of drug-likeness (QED) is 0.663. The van der Waals surface area contributed by atoms with E-state index in [0.717, 1.165) is 22.3 Å². The standard InChI is InChI=1S/C19H14O/c1-15-5-3-7-17(13-15)9-11-19(20)12-10-18-8-4-6-16(2)14-18/h3-8,13-14H,1-2H3. The zero-order valence-electron chi connectivity index (χ0n) is 11.5. The average molecular weight is 258 g/mol. The van der Waals surface area contributed by atoms with Crippen LogP contribution in [0.5, 0.6) is 0 Å². The molecule has 0 amide bonds. The highest BCUT2D eigenvalue weighted by Crippen LogP contribution is 2.02. The molecule has 1 heteroatoms. The minimum atomic E-state index is -0.368. The SMILES string of the molecule is Cc1cccc(C#CC(=O)C#Cc2cccc(C)c2)c1. The highest BCUT2D eigenvalue weighted by Gasteiger charge is 1.91. The Morgan fingerprint density at radius 1 is 0.800 bits per heavy atom. The van der Waals surface area contributed by atoms with Gasteiger partial charge in [-0.1, -0.05) is 36.1 Å². The molecule has 2 aromatic rings. The van der Waals surface area contributed by atoms with Crippen LogP contribution >= 0.6 is 0 Å². The van der Waals surface area contributed by atoms with Gasteiger partial charge in [0.05, 0.1) is 0 Å². The van der Waals surface area contributed by atoms with E-state index in [0.29, 0.717) is 0 Å². The van der Waals surface area contributed by atoms with Crippen LogP contribution in [0.2, 0.25) is 0 Å². The van der Waals surface area contributed by atoms with Gasteiger partial charge in [0.15, 0.2) is 0 Å². The first kappa shape index (κ1) is 13.7. The van der Waals surface area contributed by atoms with Crippen LogP contribution in [-0.4, -0.2) is 5.78 Å². The Morgan fingerprint density at radius 3 is 1.65 bits per heavy atom. The number of Topliss-reactive ketones (excluding diaryl/α,β-unsaturated/α-hetero) is 1. The molecule has 0 unspecified atom stereocenters. The van der Waals surface area contributed by atoms with E-state index in [1.807, 2.05) is 62.4 Å². The van der Waals surface area contributed by atoms with Crippen LogP contribution in [0.15, 0.2) is 48.5 Å². The third-order valence-electron chi connectivity index (χ3n) is 2.68. The second kappa shape index (κ2) is 6.41. The lowest BCUT2D eigenvalue weighted by atomic mass is 10.1. The molecule has 0 atom stereocenters. The van der Waals surface area contributed by atoms with E-state index < -0.39 is 0 Å². The minimum Gasteiger partial charge on any atom is -0.270 e. The summed E-state index contributed by atoms with van der Waals surface area (Å²) in [5.41, 5.74) is 3.90. The van der Waals surface area contributed by atoms with Gasteiger partial charge in [0.1, 0.15) is 0 Å². The van der Waals surface area contributed by atoms with Crippen molar-refractivity contribution in [2.24, 2.45) is 0 Å². The lowest BCUT2D eigenvalue weighted by molar-refractivity contribution is -0.108. The summed E-state index contributed by atoms with van der Waals surface area (Å²) >= 11 is 0. The molecular weight excluding hydrogens is 244 g/mol. The highest BCUT2D eigenvalue weighted by atomic mass is 16.1. The van der Waals surface area contributed by atoms with Crippen molar-refractivity contribution in [3.8, 4) is 23.7 Å². The molecule has 0 bridgehead atoms. The number of carbonyl (C=O) groups excluding carboxylic acids is 1. The molecule has 0 aliphatic carbocycles. The van der Waals surface area contributed by atoms with Crippen molar-refractivity contribution in [1.82, 2.24) is 0 Å². The first-order valence-electron chi connectivity index (χ1n) is 6.35. The summed E-state index contributed by atoms with van der Waals surface area (Å²) < 4.78 is 0. The third-order valence-corrected chi connectivity index (χ3v) is 2.68. The largest absolute Gasteiger partial charge is 0.279 e. The topological polar surface area (TPSA) is 17.1 Å². The summed E-state index contributed by atoms with van der Waals surface area (Å²) in [6.45, 7) is 3.98. The van der Waals surface area contributed by atoms with E-state index in [-0.39, 0.29) is 5.78 Å². The van der Waals surface area contributed by atoms with Gasteiger partial charge in [0, 0.05) is 11.1 Å². The van der Waals surface area contributed by atoms with Gasteiger partial charge >= 0.3 is 0 Å². The van der Waals surface area contributed by atoms with Crippen LogP contribution in [0.4, 0.5) is 0 Å². The summed E-state index contributed by atoms with van der Waals surface area (Å²) in [4.78, 5) is 11.6. The maximum atomic E-state index is 11.6. The monoisotopic (exact) mass is 258 g/mol. The Balaban J connectivity index is 2.11. The van der Waals surface area contributed by atoms with Gasteiger partial charge in [-0.25, -0.2) is 0 Å². The van der Waals surface area contributed by atoms with Crippen LogP contribution in [-0.2, 0) is 4.79 Å². The van der Waals surface area contributed by atoms with Gasteiger partial charge in [-0.05, 0) is 61.1 Å². The van der Waals surface area contributed by atoms with E-state index in [4.69, 9.17) is 0 Å². The molecule has 0 radical (unpaired) electrons. The predicted octanol–water partition coefficient (Wildman–Crippen LogP) is 3.28. The maximum Gasteiger partial charge on any atom is 0.279 e. The molecule has 0 N–H and O–H groups in total. The predicted molar refractivity (Wildman–Crippen MR) is 81.1 cm³/mol. The van der Waals surface area contributed by atoms with Crippen molar-refractivity contribution in [2.45, 2.75) is 13.8 Å². The fraction of sp³-hybridized carbons (Fsp3) is 0.105. The molecule has 0 saturated heterocycles. The normalized spacial score (nSPS) is 8.90. The summed E-state index contributed by atoms with van der Waals surface area (Å²) in [5, 5.41) is 0. The van der Waals surface area contributed by atoms with E-state index in [2.05, 4.69) is 23.7 Å². The minimum absolute atomic E-state index is 0.368. The molecule has 0 spiro atoms. The smallest absolute Gasteiger partial charge is 0.270 e. The average Bonchev–Trinajstić information content (AvgIpc) is 2.43. The van der Waals surface area contributed by atoms with Crippen molar-refractivity contribution in [1.29, 1.82) is 0 Å². The fourth-order valence-corrected chi connectivity index (χ4v) is 1.73. The highest BCUT2D eigenvalue weighted by molar-refractivity contribution is 6.09. The Morgan fingerprint density at radius 2 is 1.25 bits per heavy atom. The molecule has 0 heterocycles. The van der Waals surface area contributed by atoms with Crippen molar-refractivity contribution in [2.75, 3.05) is 0 Å². The van der Waals surface area contributed by atoms with Crippen LogP contribution in [0.3, 0.4) is 0 Å². The first-order chi connectivity index (χ1) is 9.63. The van der Waals surface area contributed by atoms with E-state index >= 15 is 0 Å². The maximum absolute atomic E-state index is 11.6. The second-order valence-corrected chi connectivity index (χ2v) is 4.57. The van der Waals surface area contributed by atoms with Gasteiger partial charge in [0.25, 0.3) is 5.78 Å². The summed E-state index contributed by atoms with van der Waals surface area (Å²) in [6.07, 6.45) is 0. The van der Waals surface area contributed by atoms with Gasteiger partial charge < -0.3 is 0 Å². The van der Waals surface area contributed by atoms with E-state index in [1.54, 1.807) is 0 Å². The second-order valence-electron chi connectivity index (χ2n) is 4.57. The number of hydrogen-bond acceptors (Lipinski definition) is 1. The Hall–Kier alpha value is -2.77. The molecule has 0 saturated carbocycles. The summed E-state index contributed by atoms with van der Waals surface area (Å²) in [6, 6.07) is 15.4. The molecule has 1 nitrogen and oxygen atoms in total. The third kappa shape index (κ3) is 4.16. The zero-order valence-corrected chi connectivity index (χ0v) is 11.5. The van der Waals surface area contributed by atoms with Crippen LogP contribution in [0.1, 0.15) is 22.3 Å². The molecule has 20 heavy (non-hydrogen) atoms. The van der Waals surface area contributed by atoms with Crippen molar-refractivity contribution in [3.63, 3.8) is 0 Å². The fourth-order valence-electron chi connectivity index (χ4n) is 1.73. The van der Waals surface area contributed by atoms with E-state index in [1.165, 1.54) is 0 Å². The zero-order chi connectivity index (χ0) is 14.4. The Kier molecular flexibility index (Phi) is 4.38. The van der Waals surface area contributed by atoms with E-state index in [9.17, 15) is 4.79 Å². The Bertz CT molecular complexity index is 696. The lowest BCUT2D eigenvalue weighted by Gasteiger charge is -1.91. The molecule has 96 valence electrons. The van der Waals surface area contributed by atoms with Crippen LogP contribution in [0.25, 0.3) is 0 Å². The number of rotatable bonds is 0. The van der Waals surface area contributed by atoms with Gasteiger partial charge in [-0.2, -0.15) is 0 Å². The number of hydrogen-bond donors (Lipinski definition) is 0. The molecule has 2 rings (SSSR count). The first-order valence-corrected chi connectivity index (χ1v) is 6.35. The van der Waals surface area contributed by atoms with Crippen molar-refractivity contribution < 1.29 is 4.79 Å². The molecule has 0 aliphatic rings. The molecular formula is C19H14O. The molecule has 0 fully saturated rings. The number of benzene rings is 2. The summed E-state index contributed by atoms with van der Waals surface area (Å²) in [5.74, 6) is 10.4. The van der Waals surface area contributed by atoms with Crippen molar-refractivity contribution >= 4 is 5.78 Å². The van der Waals surface area contributed by atoms with Gasteiger partial charge in [-0.15, -0.1) is 0 Å². The number of aryl methyl sites for hydroxylation is 2. The number of ketones is 1. The summed E-state index contributed by atoms with van der Waals surface area (Å²) in [7, 11) is 0. The molecule has 0 aliphatic heterocycles. The Labute approximate surface area is 119 Å². The van der Waals surface area contributed by atoms with Gasteiger partial charge in [0.2, 0.25) is 0 Å². The van der Waals surface area contributed by atoms with Gasteiger partial charge in [-0.3, -0.25) is 4.79 Å². The van der Waals surface area contributed by atoms with Crippen LogP contribution < -0.4 is 0 Å². The van der Waals surface area contributed by atoms with Crippen LogP contribution in [0, 0.1) is 37.5 Å². The van der Waals surface area contributed by atoms with Crippen molar-refractivity contribution in [3.05, 3.63) is 70.8 Å².